The molecule has 2 heterocycles. The van der Waals surface area contributed by atoms with Gasteiger partial charge in [-0.3, -0.25) is 4.79 Å². The van der Waals surface area contributed by atoms with Gasteiger partial charge >= 0.3 is 0 Å². The maximum atomic E-state index is 14.6. The number of anilines is 3. The Bertz CT molecular complexity index is 803. The fourth-order valence-corrected chi connectivity index (χ4v) is 3.06. The van der Waals surface area contributed by atoms with Gasteiger partial charge in [0.1, 0.15) is 5.82 Å². The second kappa shape index (κ2) is 7.78. The molecule has 0 unspecified atom stereocenters. The Morgan fingerprint density at radius 3 is 2.62 bits per heavy atom. The van der Waals surface area contributed by atoms with E-state index in [1.54, 1.807) is 6.07 Å². The zero-order chi connectivity index (χ0) is 18.7. The van der Waals surface area contributed by atoms with Gasteiger partial charge in [-0.15, -0.1) is 0 Å². The lowest BCUT2D eigenvalue weighted by Gasteiger charge is -2.34. The highest BCUT2D eigenvalue weighted by atomic mass is 19.1. The highest BCUT2D eigenvalue weighted by Gasteiger charge is 2.18. The molecule has 0 aliphatic carbocycles. The smallest absolute Gasteiger partial charge is 0.227 e. The topological polar surface area (TPSA) is 61.4 Å². The van der Waals surface area contributed by atoms with Crippen molar-refractivity contribution in [1.29, 1.82) is 0 Å². The first-order valence-corrected chi connectivity index (χ1v) is 8.85. The van der Waals surface area contributed by atoms with E-state index < -0.39 is 0 Å². The number of aromatic nitrogens is 2. The molecule has 138 valence electrons. The van der Waals surface area contributed by atoms with Crippen LogP contribution in [0.4, 0.5) is 21.7 Å². The van der Waals surface area contributed by atoms with Gasteiger partial charge < -0.3 is 15.1 Å². The molecule has 0 spiro atoms. The summed E-state index contributed by atoms with van der Waals surface area (Å²) in [7, 11) is 2.07. The molecule has 3 rings (SSSR count). The van der Waals surface area contributed by atoms with Crippen molar-refractivity contribution in [2.24, 2.45) is 0 Å². The van der Waals surface area contributed by atoms with Crippen molar-refractivity contribution >= 4 is 23.1 Å². The number of Topliss-reactive ketones (excluding diaryl/α,β-unsaturated/α-hetero) is 1. The molecule has 0 amide bonds. The molecular formula is C19H24FN5O. The maximum absolute atomic E-state index is 14.6. The van der Waals surface area contributed by atoms with Crippen molar-refractivity contribution in [3.05, 3.63) is 41.5 Å². The Balaban J connectivity index is 1.77. The van der Waals surface area contributed by atoms with Crippen LogP contribution in [-0.4, -0.2) is 53.9 Å². The molecule has 1 aromatic heterocycles. The number of nitrogens with zero attached hydrogens (tertiary/aromatic N) is 4. The van der Waals surface area contributed by atoms with Crippen molar-refractivity contribution in [2.45, 2.75) is 20.3 Å². The Labute approximate surface area is 153 Å². The second-order valence-electron chi connectivity index (χ2n) is 6.55. The van der Waals surface area contributed by atoms with Crippen LogP contribution in [0.1, 0.15) is 29.9 Å². The van der Waals surface area contributed by atoms with Gasteiger partial charge in [0, 0.05) is 38.1 Å². The molecule has 2 aromatic rings. The molecule has 0 atom stereocenters. The number of rotatable bonds is 5. The van der Waals surface area contributed by atoms with E-state index in [4.69, 9.17) is 0 Å². The summed E-state index contributed by atoms with van der Waals surface area (Å²) < 4.78 is 14.6. The Morgan fingerprint density at radius 1 is 1.27 bits per heavy atom. The summed E-state index contributed by atoms with van der Waals surface area (Å²) in [5.41, 5.74) is 2.41. The summed E-state index contributed by atoms with van der Waals surface area (Å²) in [6, 6.07) is 5.07. The van der Waals surface area contributed by atoms with Crippen LogP contribution in [0, 0.1) is 5.82 Å². The fourth-order valence-electron chi connectivity index (χ4n) is 3.06. The minimum Gasteiger partial charge on any atom is -0.367 e. The number of ketones is 1. The number of nitrogens with one attached hydrogen (secondary N) is 1. The predicted octanol–water partition coefficient (Wildman–Crippen LogP) is 2.88. The number of carbonyl (C=O) groups is 1. The summed E-state index contributed by atoms with van der Waals surface area (Å²) >= 11 is 0. The summed E-state index contributed by atoms with van der Waals surface area (Å²) in [6.45, 7) is 6.91. The number of hydrogen-bond donors (Lipinski definition) is 1. The largest absolute Gasteiger partial charge is 0.367 e. The van der Waals surface area contributed by atoms with Gasteiger partial charge in [0.15, 0.2) is 5.78 Å². The molecule has 1 N–H and O–H groups in total. The monoisotopic (exact) mass is 357 g/mol. The minimum atomic E-state index is -0.268. The third kappa shape index (κ3) is 3.99. The van der Waals surface area contributed by atoms with Gasteiger partial charge in [0.25, 0.3) is 0 Å². The highest BCUT2D eigenvalue weighted by molar-refractivity contribution is 5.94. The minimum absolute atomic E-state index is 0.0593. The molecule has 26 heavy (non-hydrogen) atoms. The fraction of sp³-hybridized carbons (Fsp3) is 0.421. The molecule has 1 saturated heterocycles. The van der Waals surface area contributed by atoms with Crippen LogP contribution >= 0.6 is 0 Å². The molecular weight excluding hydrogens is 333 g/mol. The van der Waals surface area contributed by atoms with Crippen LogP contribution in [0.5, 0.6) is 0 Å². The molecule has 0 bridgehead atoms. The first-order valence-electron chi connectivity index (χ1n) is 8.85. The lowest BCUT2D eigenvalue weighted by molar-refractivity contribution is 0.101. The lowest BCUT2D eigenvalue weighted by Crippen LogP contribution is -2.44. The molecule has 1 aliphatic heterocycles. The molecule has 0 saturated carbocycles. The number of piperazine rings is 1. The molecule has 1 fully saturated rings. The van der Waals surface area contributed by atoms with Gasteiger partial charge in [0.2, 0.25) is 5.95 Å². The van der Waals surface area contributed by atoms with Crippen molar-refractivity contribution in [3.63, 3.8) is 0 Å². The number of aryl methyl sites for hydroxylation is 1. The molecule has 7 heteroatoms. The van der Waals surface area contributed by atoms with Gasteiger partial charge in [-0.05, 0) is 38.6 Å². The Hall–Kier alpha value is -2.54. The third-order valence-electron chi connectivity index (χ3n) is 4.63. The van der Waals surface area contributed by atoms with Crippen LogP contribution in [0.2, 0.25) is 0 Å². The van der Waals surface area contributed by atoms with Crippen molar-refractivity contribution in [2.75, 3.05) is 43.4 Å². The van der Waals surface area contributed by atoms with Crippen LogP contribution in [0.15, 0.2) is 24.4 Å². The molecule has 0 radical (unpaired) electrons. The van der Waals surface area contributed by atoms with Crippen LogP contribution < -0.4 is 10.2 Å². The molecule has 1 aliphatic rings. The molecule has 6 nitrogen and oxygen atoms in total. The zero-order valence-corrected chi connectivity index (χ0v) is 15.4. The van der Waals surface area contributed by atoms with Crippen molar-refractivity contribution in [3.8, 4) is 0 Å². The van der Waals surface area contributed by atoms with E-state index in [0.717, 1.165) is 26.2 Å². The van der Waals surface area contributed by atoms with E-state index in [2.05, 4.69) is 32.1 Å². The van der Waals surface area contributed by atoms with Gasteiger partial charge in [-0.25, -0.2) is 14.4 Å². The van der Waals surface area contributed by atoms with Crippen molar-refractivity contribution < 1.29 is 9.18 Å². The van der Waals surface area contributed by atoms with E-state index >= 15 is 0 Å². The lowest BCUT2D eigenvalue weighted by atomic mass is 10.1. The summed E-state index contributed by atoms with van der Waals surface area (Å²) in [5, 5.41) is 3.02. The number of likely N-dealkylation sites (N-methyl/N-ethyl adjacent to an activating group) is 1. The van der Waals surface area contributed by atoms with E-state index in [9.17, 15) is 9.18 Å². The van der Waals surface area contributed by atoms with E-state index in [0.29, 0.717) is 35.0 Å². The summed E-state index contributed by atoms with van der Waals surface area (Å²) in [4.78, 5) is 24.4. The Kier molecular flexibility index (Phi) is 5.46. The van der Waals surface area contributed by atoms with Crippen LogP contribution in [-0.2, 0) is 6.42 Å². The molecule has 1 aromatic carbocycles. The normalized spacial score (nSPS) is 15.2. The number of hydrogen-bond acceptors (Lipinski definition) is 6. The van der Waals surface area contributed by atoms with E-state index in [-0.39, 0.29) is 11.6 Å². The standard InChI is InChI=1S/C19H24FN5O/c1-4-17-15(13(2)26)12-21-19(23-17)22-14-5-6-18(16(20)11-14)25-9-7-24(3)8-10-25/h5-6,11-12H,4,7-10H2,1-3H3,(H,21,22,23). The first-order chi connectivity index (χ1) is 12.5. The van der Waals surface area contributed by atoms with Crippen molar-refractivity contribution in [1.82, 2.24) is 14.9 Å². The quantitative estimate of drug-likeness (QED) is 0.831. The number of benzene rings is 1. The van der Waals surface area contributed by atoms with Gasteiger partial charge in [0.05, 0.1) is 16.9 Å². The van der Waals surface area contributed by atoms with Gasteiger partial charge in [-0.2, -0.15) is 0 Å². The number of halogens is 1. The first kappa shape index (κ1) is 18.3. The number of carbonyl (C=O) groups excluding carboxylic acids is 1. The summed E-state index contributed by atoms with van der Waals surface area (Å²) in [6.07, 6.45) is 2.15. The van der Waals surface area contributed by atoms with Crippen LogP contribution in [0.25, 0.3) is 0 Å². The average Bonchev–Trinajstić information content (AvgIpc) is 2.62. The highest BCUT2D eigenvalue weighted by Crippen LogP contribution is 2.25. The Morgan fingerprint density at radius 2 is 2.00 bits per heavy atom. The second-order valence-corrected chi connectivity index (χ2v) is 6.55. The zero-order valence-electron chi connectivity index (χ0n) is 15.4. The van der Waals surface area contributed by atoms with E-state index in [1.807, 2.05) is 13.0 Å². The van der Waals surface area contributed by atoms with Gasteiger partial charge in [-0.1, -0.05) is 6.92 Å². The van der Waals surface area contributed by atoms with Crippen LogP contribution in [0.3, 0.4) is 0 Å². The SMILES string of the molecule is CCc1nc(Nc2ccc(N3CCN(C)CC3)c(F)c2)ncc1C(C)=O. The van der Waals surface area contributed by atoms with E-state index in [1.165, 1.54) is 19.2 Å². The summed E-state index contributed by atoms with van der Waals surface area (Å²) in [5.74, 6) is 0.0326. The average molecular weight is 357 g/mol. The maximum Gasteiger partial charge on any atom is 0.227 e. The third-order valence-corrected chi connectivity index (χ3v) is 4.63. The predicted molar refractivity (Wildman–Crippen MR) is 101 cm³/mol.